The average molecular weight is 301 g/mol. The number of allylic oxidation sites excluding steroid dienone is 1. The Morgan fingerprint density at radius 3 is 2.27 bits per heavy atom. The van der Waals surface area contributed by atoms with Crippen LogP contribution < -0.4 is 4.74 Å². The van der Waals surface area contributed by atoms with Gasteiger partial charge in [-0.05, 0) is 31.3 Å². The number of nitrogens with zero attached hydrogens (tertiary/aromatic N) is 1. The van der Waals surface area contributed by atoms with Crippen molar-refractivity contribution in [2.45, 2.75) is 6.92 Å². The van der Waals surface area contributed by atoms with Crippen LogP contribution in [0.2, 0.25) is 0 Å². The van der Waals surface area contributed by atoms with E-state index in [1.54, 1.807) is 24.3 Å². The number of benzene rings is 2. The standard InChI is InChI=1S/C17H13F2NO2/c1-3-4-11-5-7-12(8-6-11)17(21)22-13-9-14(18)16(20-2)15(19)10-13/h3-10H,2H2,1H3. The Kier molecular flexibility index (Phi) is 4.78. The van der Waals surface area contributed by atoms with Crippen molar-refractivity contribution in [3.8, 4) is 5.75 Å². The normalized spacial score (nSPS) is 10.7. The molecule has 0 atom stereocenters. The summed E-state index contributed by atoms with van der Waals surface area (Å²) < 4.78 is 32.0. The largest absolute Gasteiger partial charge is 0.423 e. The van der Waals surface area contributed by atoms with E-state index >= 15 is 0 Å². The lowest BCUT2D eigenvalue weighted by atomic mass is 10.1. The first-order valence-corrected chi connectivity index (χ1v) is 6.46. The van der Waals surface area contributed by atoms with E-state index in [0.29, 0.717) is 0 Å². The van der Waals surface area contributed by atoms with Crippen molar-refractivity contribution in [3.63, 3.8) is 0 Å². The number of carbonyl (C=O) groups is 1. The first-order valence-electron chi connectivity index (χ1n) is 6.46. The van der Waals surface area contributed by atoms with Crippen LogP contribution in [0.15, 0.2) is 47.5 Å². The van der Waals surface area contributed by atoms with Gasteiger partial charge < -0.3 is 4.74 Å². The molecule has 0 heterocycles. The molecule has 0 saturated carbocycles. The van der Waals surface area contributed by atoms with Crippen molar-refractivity contribution in [1.29, 1.82) is 0 Å². The molecule has 0 radical (unpaired) electrons. The van der Waals surface area contributed by atoms with Gasteiger partial charge in [-0.1, -0.05) is 24.3 Å². The zero-order valence-corrected chi connectivity index (χ0v) is 11.8. The number of hydrogen-bond acceptors (Lipinski definition) is 3. The Labute approximate surface area is 126 Å². The third-order valence-corrected chi connectivity index (χ3v) is 2.86. The highest BCUT2D eigenvalue weighted by Gasteiger charge is 2.14. The van der Waals surface area contributed by atoms with E-state index in [4.69, 9.17) is 4.74 Å². The van der Waals surface area contributed by atoms with Gasteiger partial charge >= 0.3 is 5.97 Å². The van der Waals surface area contributed by atoms with Gasteiger partial charge in [0.25, 0.3) is 0 Å². The van der Waals surface area contributed by atoms with E-state index in [2.05, 4.69) is 11.7 Å². The van der Waals surface area contributed by atoms with Gasteiger partial charge in [0.1, 0.15) is 11.4 Å². The smallest absolute Gasteiger partial charge is 0.343 e. The first-order chi connectivity index (χ1) is 10.5. The van der Waals surface area contributed by atoms with Gasteiger partial charge in [0, 0.05) is 12.1 Å². The fraction of sp³-hybridized carbons (Fsp3) is 0.0588. The van der Waals surface area contributed by atoms with Crippen LogP contribution in [0.1, 0.15) is 22.8 Å². The van der Waals surface area contributed by atoms with Crippen LogP contribution in [0.4, 0.5) is 14.5 Å². The predicted molar refractivity (Wildman–Crippen MR) is 81.7 cm³/mol. The van der Waals surface area contributed by atoms with Gasteiger partial charge in [-0.15, -0.1) is 0 Å². The molecule has 0 aliphatic heterocycles. The van der Waals surface area contributed by atoms with Crippen molar-refractivity contribution < 1.29 is 18.3 Å². The lowest BCUT2D eigenvalue weighted by Gasteiger charge is -2.06. The van der Waals surface area contributed by atoms with Gasteiger partial charge in [-0.25, -0.2) is 13.6 Å². The van der Waals surface area contributed by atoms with E-state index < -0.39 is 23.3 Å². The Morgan fingerprint density at radius 2 is 1.77 bits per heavy atom. The van der Waals surface area contributed by atoms with Crippen LogP contribution in [0.3, 0.4) is 0 Å². The number of halogens is 2. The molecule has 5 heteroatoms. The Hall–Kier alpha value is -2.82. The van der Waals surface area contributed by atoms with E-state index in [-0.39, 0.29) is 11.3 Å². The summed E-state index contributed by atoms with van der Waals surface area (Å²) in [5.41, 5.74) is 0.702. The SMILES string of the molecule is C=Nc1c(F)cc(OC(=O)c2ccc(C=CC)cc2)cc1F. The zero-order valence-electron chi connectivity index (χ0n) is 11.8. The van der Waals surface area contributed by atoms with Crippen LogP contribution in [0, 0.1) is 11.6 Å². The highest BCUT2D eigenvalue weighted by atomic mass is 19.1. The summed E-state index contributed by atoms with van der Waals surface area (Å²) in [4.78, 5) is 15.2. The molecule has 0 amide bonds. The molecule has 0 fully saturated rings. The minimum Gasteiger partial charge on any atom is -0.423 e. The third-order valence-electron chi connectivity index (χ3n) is 2.86. The van der Waals surface area contributed by atoms with Crippen molar-refractivity contribution in [2.75, 3.05) is 0 Å². The third kappa shape index (κ3) is 3.44. The fourth-order valence-corrected chi connectivity index (χ4v) is 1.84. The van der Waals surface area contributed by atoms with Crippen LogP contribution in [-0.4, -0.2) is 12.7 Å². The summed E-state index contributed by atoms with van der Waals surface area (Å²) in [6.07, 6.45) is 3.74. The molecule has 0 aliphatic carbocycles. The minimum absolute atomic E-state index is 0.232. The summed E-state index contributed by atoms with van der Waals surface area (Å²) in [5, 5.41) is 0. The zero-order chi connectivity index (χ0) is 16.1. The van der Waals surface area contributed by atoms with Crippen LogP contribution >= 0.6 is 0 Å². The maximum absolute atomic E-state index is 13.5. The van der Waals surface area contributed by atoms with E-state index in [1.165, 1.54) is 0 Å². The number of esters is 1. The van der Waals surface area contributed by atoms with E-state index in [9.17, 15) is 13.6 Å². The Bertz CT molecular complexity index is 714. The quantitative estimate of drug-likeness (QED) is 0.472. The van der Waals surface area contributed by atoms with Crippen molar-refractivity contribution >= 4 is 24.5 Å². The molecule has 0 bridgehead atoms. The monoisotopic (exact) mass is 301 g/mol. The second-order valence-electron chi connectivity index (χ2n) is 4.41. The van der Waals surface area contributed by atoms with Crippen LogP contribution in [-0.2, 0) is 0 Å². The highest BCUT2D eigenvalue weighted by molar-refractivity contribution is 5.91. The molecule has 3 nitrogen and oxygen atoms in total. The molecule has 2 aromatic rings. The maximum Gasteiger partial charge on any atom is 0.343 e. The van der Waals surface area contributed by atoms with Crippen LogP contribution in [0.5, 0.6) is 5.75 Å². The molecule has 0 aliphatic rings. The fourth-order valence-electron chi connectivity index (χ4n) is 1.84. The summed E-state index contributed by atoms with van der Waals surface area (Å²) in [7, 11) is 0. The summed E-state index contributed by atoms with van der Waals surface area (Å²) in [6, 6.07) is 8.40. The topological polar surface area (TPSA) is 38.7 Å². The molecule has 112 valence electrons. The molecule has 0 N–H and O–H groups in total. The minimum atomic E-state index is -0.943. The van der Waals surface area contributed by atoms with Gasteiger partial charge in [0.05, 0.1) is 5.56 Å². The summed E-state index contributed by atoms with van der Waals surface area (Å²) >= 11 is 0. The molecule has 0 spiro atoms. The second-order valence-corrected chi connectivity index (χ2v) is 4.41. The van der Waals surface area contributed by atoms with Crippen LogP contribution in [0.25, 0.3) is 6.08 Å². The number of ether oxygens (including phenoxy) is 1. The lowest BCUT2D eigenvalue weighted by molar-refractivity contribution is 0.0734. The molecule has 22 heavy (non-hydrogen) atoms. The number of rotatable bonds is 4. The number of carbonyl (C=O) groups excluding carboxylic acids is 1. The highest BCUT2D eigenvalue weighted by Crippen LogP contribution is 2.27. The van der Waals surface area contributed by atoms with Crippen molar-refractivity contribution in [2.24, 2.45) is 4.99 Å². The molecule has 2 aromatic carbocycles. The first kappa shape index (κ1) is 15.6. The molecular weight excluding hydrogens is 288 g/mol. The number of hydrogen-bond donors (Lipinski definition) is 0. The van der Waals surface area contributed by atoms with E-state index in [0.717, 1.165) is 17.7 Å². The molecular formula is C17H13F2NO2. The van der Waals surface area contributed by atoms with E-state index in [1.807, 2.05) is 19.1 Å². The van der Waals surface area contributed by atoms with Gasteiger partial charge in [-0.3, -0.25) is 4.99 Å². The van der Waals surface area contributed by atoms with Crippen molar-refractivity contribution in [1.82, 2.24) is 0 Å². The molecule has 0 saturated heterocycles. The van der Waals surface area contributed by atoms with Crippen molar-refractivity contribution in [3.05, 3.63) is 65.2 Å². The molecule has 2 rings (SSSR count). The number of aliphatic imine (C=N–C) groups is 1. The lowest BCUT2D eigenvalue weighted by Crippen LogP contribution is -2.08. The average Bonchev–Trinajstić information content (AvgIpc) is 2.48. The van der Waals surface area contributed by atoms with Gasteiger partial charge in [0.2, 0.25) is 0 Å². The Balaban J connectivity index is 2.20. The Morgan fingerprint density at radius 1 is 1.18 bits per heavy atom. The summed E-state index contributed by atoms with van der Waals surface area (Å²) in [5.74, 6) is -2.82. The predicted octanol–water partition coefficient (Wildman–Crippen LogP) is 4.55. The van der Waals surface area contributed by atoms with Gasteiger partial charge in [-0.2, -0.15) is 0 Å². The van der Waals surface area contributed by atoms with Gasteiger partial charge in [0.15, 0.2) is 11.6 Å². The summed E-state index contributed by atoms with van der Waals surface area (Å²) in [6.45, 7) is 4.95. The molecule has 0 aromatic heterocycles. The second kappa shape index (κ2) is 6.76. The molecule has 0 unspecified atom stereocenters. The maximum atomic E-state index is 13.5.